The molecule has 1 saturated heterocycles. The monoisotopic (exact) mass is 348 g/mol. The molecule has 0 unspecified atom stereocenters. The zero-order chi connectivity index (χ0) is 14.8. The minimum atomic E-state index is -0.662. The number of hydrogen-bond acceptors (Lipinski definition) is 3. The summed E-state index contributed by atoms with van der Waals surface area (Å²) in [6.07, 6.45) is 3.28. The van der Waals surface area contributed by atoms with Crippen molar-refractivity contribution in [1.82, 2.24) is 9.88 Å². The molecule has 1 aliphatic heterocycles. The van der Waals surface area contributed by atoms with Gasteiger partial charge in [-0.2, -0.15) is 0 Å². The van der Waals surface area contributed by atoms with E-state index in [1.165, 1.54) is 5.56 Å². The molecule has 21 heavy (non-hydrogen) atoms. The number of likely N-dealkylation sites (tertiary alicyclic amines) is 1. The van der Waals surface area contributed by atoms with Crippen molar-refractivity contribution in [3.05, 3.63) is 40.5 Å². The van der Waals surface area contributed by atoms with Crippen molar-refractivity contribution in [2.24, 2.45) is 5.92 Å². The number of hydrogen-bond donors (Lipinski definition) is 1. The smallest absolute Gasteiger partial charge is 0.306 e. The Kier molecular flexibility index (Phi) is 4.22. The largest absolute Gasteiger partial charge is 0.481 e. The molecular weight excluding hydrogens is 332 g/mol. The molecule has 1 aromatic carbocycles. The zero-order valence-corrected chi connectivity index (χ0v) is 13.2. The summed E-state index contributed by atoms with van der Waals surface area (Å²) < 4.78 is 1.05. The summed E-state index contributed by atoms with van der Waals surface area (Å²) in [4.78, 5) is 17.8. The first-order valence-corrected chi connectivity index (χ1v) is 7.91. The Bertz CT molecular complexity index is 666. The van der Waals surface area contributed by atoms with Gasteiger partial charge in [-0.15, -0.1) is 0 Å². The molecule has 0 amide bonds. The number of carboxylic acid groups (broad SMARTS) is 1. The van der Waals surface area contributed by atoms with Gasteiger partial charge in [-0.3, -0.25) is 14.7 Å². The summed E-state index contributed by atoms with van der Waals surface area (Å²) in [6, 6.07) is 8.16. The van der Waals surface area contributed by atoms with E-state index in [9.17, 15) is 4.79 Å². The zero-order valence-electron chi connectivity index (χ0n) is 11.6. The van der Waals surface area contributed by atoms with Gasteiger partial charge < -0.3 is 5.11 Å². The third-order valence-electron chi connectivity index (χ3n) is 4.13. The number of benzene rings is 1. The first-order valence-electron chi connectivity index (χ1n) is 7.12. The van der Waals surface area contributed by atoms with Crippen LogP contribution in [0, 0.1) is 5.92 Å². The Hall–Kier alpha value is -1.46. The van der Waals surface area contributed by atoms with Gasteiger partial charge in [0.25, 0.3) is 0 Å². The lowest BCUT2D eigenvalue weighted by Crippen LogP contribution is -2.35. The van der Waals surface area contributed by atoms with E-state index in [2.05, 4.69) is 44.0 Å². The van der Waals surface area contributed by atoms with E-state index in [-0.39, 0.29) is 5.92 Å². The summed E-state index contributed by atoms with van der Waals surface area (Å²) >= 11 is 3.56. The molecule has 0 spiro atoms. The average Bonchev–Trinajstić information content (AvgIpc) is 2.51. The normalized spacial score (nSPS) is 17.2. The van der Waals surface area contributed by atoms with E-state index in [0.717, 1.165) is 47.9 Å². The van der Waals surface area contributed by atoms with Crippen LogP contribution in [0.4, 0.5) is 0 Å². The van der Waals surface area contributed by atoms with Gasteiger partial charge in [0.15, 0.2) is 0 Å². The molecule has 3 rings (SSSR count). The highest BCUT2D eigenvalue weighted by atomic mass is 79.9. The average molecular weight is 349 g/mol. The summed E-state index contributed by atoms with van der Waals surface area (Å²) in [5.74, 6) is -0.841. The molecule has 1 fully saturated rings. The third-order valence-corrected chi connectivity index (χ3v) is 4.82. The van der Waals surface area contributed by atoms with E-state index in [0.29, 0.717) is 0 Å². The number of piperidine rings is 1. The number of nitrogens with zero attached hydrogens (tertiary/aromatic N) is 2. The van der Waals surface area contributed by atoms with E-state index in [1.54, 1.807) is 0 Å². The van der Waals surface area contributed by atoms with Crippen LogP contribution in [0.25, 0.3) is 10.9 Å². The van der Waals surface area contributed by atoms with Gasteiger partial charge in [-0.1, -0.05) is 28.1 Å². The lowest BCUT2D eigenvalue weighted by atomic mass is 9.96. The highest BCUT2D eigenvalue weighted by molar-refractivity contribution is 9.10. The Morgan fingerprint density at radius 3 is 2.81 bits per heavy atom. The number of aromatic nitrogens is 1. The Morgan fingerprint density at radius 1 is 1.33 bits per heavy atom. The molecule has 1 aromatic heterocycles. The van der Waals surface area contributed by atoms with Crippen molar-refractivity contribution >= 4 is 32.8 Å². The van der Waals surface area contributed by atoms with Gasteiger partial charge >= 0.3 is 5.97 Å². The molecule has 1 N–H and O–H groups in total. The predicted octanol–water partition coefficient (Wildman–Crippen LogP) is 3.29. The number of halogens is 1. The van der Waals surface area contributed by atoms with Crippen LogP contribution in [0.3, 0.4) is 0 Å². The second-order valence-electron chi connectivity index (χ2n) is 5.49. The van der Waals surface area contributed by atoms with Crippen molar-refractivity contribution in [3.63, 3.8) is 0 Å². The van der Waals surface area contributed by atoms with E-state index >= 15 is 0 Å². The van der Waals surface area contributed by atoms with Gasteiger partial charge in [-0.25, -0.2) is 0 Å². The number of aliphatic carboxylic acids is 1. The first-order chi connectivity index (χ1) is 10.1. The van der Waals surface area contributed by atoms with Crippen molar-refractivity contribution in [1.29, 1.82) is 0 Å². The summed E-state index contributed by atoms with van der Waals surface area (Å²) in [6.45, 7) is 2.50. The quantitative estimate of drug-likeness (QED) is 0.924. The highest BCUT2D eigenvalue weighted by Crippen LogP contribution is 2.27. The fraction of sp³-hybridized carbons (Fsp3) is 0.375. The van der Waals surface area contributed by atoms with Gasteiger partial charge in [0.05, 0.1) is 11.4 Å². The van der Waals surface area contributed by atoms with Crippen LogP contribution in [0.5, 0.6) is 0 Å². The van der Waals surface area contributed by atoms with Crippen molar-refractivity contribution < 1.29 is 9.90 Å². The lowest BCUT2D eigenvalue weighted by Gasteiger charge is -2.30. The first kappa shape index (κ1) is 14.5. The molecule has 1 aliphatic rings. The molecule has 0 radical (unpaired) electrons. The molecule has 2 aromatic rings. The minimum absolute atomic E-state index is 0.180. The van der Waals surface area contributed by atoms with E-state index in [4.69, 9.17) is 5.11 Å². The summed E-state index contributed by atoms with van der Waals surface area (Å²) in [7, 11) is 0. The van der Waals surface area contributed by atoms with Crippen molar-refractivity contribution in [3.8, 4) is 0 Å². The maximum atomic E-state index is 11.0. The van der Waals surface area contributed by atoms with Gasteiger partial charge in [-0.05, 0) is 43.6 Å². The number of fused-ring (bicyclic) bond motifs is 1. The molecule has 0 bridgehead atoms. The van der Waals surface area contributed by atoms with Crippen LogP contribution in [-0.4, -0.2) is 34.0 Å². The van der Waals surface area contributed by atoms with Crippen LogP contribution in [-0.2, 0) is 11.3 Å². The molecule has 0 saturated carbocycles. The minimum Gasteiger partial charge on any atom is -0.481 e. The van der Waals surface area contributed by atoms with E-state index < -0.39 is 5.97 Å². The molecular formula is C16H17BrN2O2. The molecule has 2 heterocycles. The fourth-order valence-electron chi connectivity index (χ4n) is 2.90. The van der Waals surface area contributed by atoms with Crippen LogP contribution in [0.1, 0.15) is 18.4 Å². The van der Waals surface area contributed by atoms with Crippen LogP contribution >= 0.6 is 15.9 Å². The van der Waals surface area contributed by atoms with Crippen LogP contribution in [0.15, 0.2) is 34.9 Å². The molecule has 4 nitrogen and oxygen atoms in total. The number of rotatable bonds is 3. The van der Waals surface area contributed by atoms with Crippen LogP contribution in [0.2, 0.25) is 0 Å². The third kappa shape index (κ3) is 3.09. The number of carboxylic acids is 1. The predicted molar refractivity (Wildman–Crippen MR) is 85.1 cm³/mol. The number of pyridine rings is 1. The number of carbonyl (C=O) groups is 1. The van der Waals surface area contributed by atoms with Gasteiger partial charge in [0, 0.05) is 22.6 Å². The molecule has 5 heteroatoms. The van der Waals surface area contributed by atoms with E-state index in [1.807, 2.05) is 12.3 Å². The van der Waals surface area contributed by atoms with Gasteiger partial charge in [0.2, 0.25) is 0 Å². The second kappa shape index (κ2) is 6.12. The maximum absolute atomic E-state index is 11.0. The Labute approximate surface area is 131 Å². The summed E-state index contributed by atoms with van der Waals surface area (Å²) in [5.41, 5.74) is 2.22. The Morgan fingerprint density at radius 2 is 2.10 bits per heavy atom. The topological polar surface area (TPSA) is 53.4 Å². The molecule has 110 valence electrons. The van der Waals surface area contributed by atoms with Crippen molar-refractivity contribution in [2.45, 2.75) is 19.4 Å². The Balaban J connectivity index is 1.77. The maximum Gasteiger partial charge on any atom is 0.306 e. The standard InChI is InChI=1S/C16H17BrN2O2/c17-14-4-3-12(15-13(14)2-1-7-18-15)10-19-8-5-11(6-9-19)16(20)21/h1-4,7,11H,5-6,8-10H2,(H,20,21). The SMILES string of the molecule is O=C(O)C1CCN(Cc2ccc(Br)c3cccnc23)CC1. The van der Waals surface area contributed by atoms with Crippen molar-refractivity contribution in [2.75, 3.05) is 13.1 Å². The van der Waals surface area contributed by atoms with Gasteiger partial charge in [0.1, 0.15) is 0 Å². The molecule has 0 aliphatic carbocycles. The lowest BCUT2D eigenvalue weighted by molar-refractivity contribution is -0.143. The summed E-state index contributed by atoms with van der Waals surface area (Å²) in [5, 5.41) is 10.2. The highest BCUT2D eigenvalue weighted by Gasteiger charge is 2.24. The second-order valence-corrected chi connectivity index (χ2v) is 6.35. The fourth-order valence-corrected chi connectivity index (χ4v) is 3.36. The molecule has 0 atom stereocenters. The van der Waals surface area contributed by atoms with Crippen LogP contribution < -0.4 is 0 Å².